The first kappa shape index (κ1) is 17.3. The van der Waals surface area contributed by atoms with E-state index in [0.717, 1.165) is 24.9 Å². The van der Waals surface area contributed by atoms with Crippen LogP contribution in [-0.2, 0) is 20.8 Å². The fourth-order valence-electron chi connectivity index (χ4n) is 3.35. The average Bonchev–Trinajstić information content (AvgIpc) is 3.03. The SMILES string of the molecule is CCN(CC(=O)N1CCC2(CC1)OCCO2)Cc1cccc(F)c1. The second-order valence-corrected chi connectivity index (χ2v) is 6.42. The highest BCUT2D eigenvalue weighted by molar-refractivity contribution is 5.78. The molecule has 6 heteroatoms. The van der Waals surface area contributed by atoms with E-state index in [1.807, 2.05) is 22.8 Å². The van der Waals surface area contributed by atoms with Crippen molar-refractivity contribution in [2.45, 2.75) is 32.1 Å². The maximum atomic E-state index is 13.3. The van der Waals surface area contributed by atoms with Crippen molar-refractivity contribution in [3.05, 3.63) is 35.6 Å². The molecule has 2 aliphatic rings. The van der Waals surface area contributed by atoms with Gasteiger partial charge in [0.25, 0.3) is 0 Å². The molecule has 3 rings (SSSR count). The molecule has 1 aromatic rings. The van der Waals surface area contributed by atoms with Crippen LogP contribution in [-0.4, -0.2) is 60.9 Å². The van der Waals surface area contributed by atoms with Crippen molar-refractivity contribution in [3.8, 4) is 0 Å². The van der Waals surface area contributed by atoms with Gasteiger partial charge in [0.05, 0.1) is 19.8 Å². The van der Waals surface area contributed by atoms with E-state index in [1.165, 1.54) is 12.1 Å². The highest BCUT2D eigenvalue weighted by Crippen LogP contribution is 2.31. The van der Waals surface area contributed by atoms with Crippen LogP contribution in [0.2, 0.25) is 0 Å². The molecule has 2 heterocycles. The molecule has 1 spiro atoms. The summed E-state index contributed by atoms with van der Waals surface area (Å²) in [5, 5.41) is 0. The molecule has 2 aliphatic heterocycles. The summed E-state index contributed by atoms with van der Waals surface area (Å²) in [6, 6.07) is 6.54. The molecule has 2 fully saturated rings. The Morgan fingerprint density at radius 2 is 2.00 bits per heavy atom. The third-order valence-electron chi connectivity index (χ3n) is 4.79. The van der Waals surface area contributed by atoms with Crippen molar-refractivity contribution in [3.63, 3.8) is 0 Å². The molecule has 132 valence electrons. The number of rotatable bonds is 5. The lowest BCUT2D eigenvalue weighted by molar-refractivity contribution is -0.187. The first-order valence-electron chi connectivity index (χ1n) is 8.63. The molecule has 2 saturated heterocycles. The number of hydrogen-bond acceptors (Lipinski definition) is 4. The van der Waals surface area contributed by atoms with Crippen molar-refractivity contribution in [1.29, 1.82) is 0 Å². The minimum absolute atomic E-state index is 0.112. The Morgan fingerprint density at radius 1 is 1.29 bits per heavy atom. The smallest absolute Gasteiger partial charge is 0.236 e. The average molecular weight is 336 g/mol. The van der Waals surface area contributed by atoms with Gasteiger partial charge in [-0.2, -0.15) is 0 Å². The number of likely N-dealkylation sites (tertiary alicyclic amines) is 1. The van der Waals surface area contributed by atoms with Gasteiger partial charge in [-0.3, -0.25) is 9.69 Å². The van der Waals surface area contributed by atoms with Crippen molar-refractivity contribution < 1.29 is 18.7 Å². The summed E-state index contributed by atoms with van der Waals surface area (Å²) in [7, 11) is 0. The highest BCUT2D eigenvalue weighted by atomic mass is 19.1. The summed E-state index contributed by atoms with van der Waals surface area (Å²) in [4.78, 5) is 16.5. The number of ether oxygens (including phenoxy) is 2. The Balaban J connectivity index is 1.51. The second kappa shape index (κ2) is 7.59. The molecule has 5 nitrogen and oxygen atoms in total. The van der Waals surface area contributed by atoms with Gasteiger partial charge in [-0.15, -0.1) is 0 Å². The number of carbonyl (C=O) groups excluding carboxylic acids is 1. The molecule has 0 radical (unpaired) electrons. The monoisotopic (exact) mass is 336 g/mol. The van der Waals surface area contributed by atoms with Crippen LogP contribution in [0.1, 0.15) is 25.3 Å². The fraction of sp³-hybridized carbons (Fsp3) is 0.611. The maximum absolute atomic E-state index is 13.3. The van der Waals surface area contributed by atoms with Gasteiger partial charge in [-0.05, 0) is 24.2 Å². The number of benzene rings is 1. The Bertz CT molecular complexity index is 565. The third-order valence-corrected chi connectivity index (χ3v) is 4.79. The second-order valence-electron chi connectivity index (χ2n) is 6.42. The van der Waals surface area contributed by atoms with E-state index in [0.29, 0.717) is 39.4 Å². The minimum atomic E-state index is -0.456. The molecule has 0 aromatic heterocycles. The predicted octanol–water partition coefficient (Wildman–Crippen LogP) is 2.01. The van der Waals surface area contributed by atoms with Gasteiger partial charge in [0, 0.05) is 32.5 Å². The van der Waals surface area contributed by atoms with E-state index in [-0.39, 0.29) is 11.7 Å². The molecule has 0 bridgehead atoms. The van der Waals surface area contributed by atoms with Crippen LogP contribution < -0.4 is 0 Å². The molecule has 0 saturated carbocycles. The Morgan fingerprint density at radius 3 is 2.62 bits per heavy atom. The molecule has 1 amide bonds. The molecule has 0 unspecified atom stereocenters. The van der Waals surface area contributed by atoms with Gasteiger partial charge in [0.15, 0.2) is 5.79 Å². The van der Waals surface area contributed by atoms with Crippen LogP contribution in [0.25, 0.3) is 0 Å². The Labute approximate surface area is 142 Å². The molecular weight excluding hydrogens is 311 g/mol. The van der Waals surface area contributed by atoms with Crippen molar-refractivity contribution >= 4 is 5.91 Å². The zero-order valence-electron chi connectivity index (χ0n) is 14.2. The van der Waals surface area contributed by atoms with Crippen LogP contribution in [0.5, 0.6) is 0 Å². The number of halogens is 1. The Kier molecular flexibility index (Phi) is 5.48. The van der Waals surface area contributed by atoms with Gasteiger partial charge in [-0.25, -0.2) is 4.39 Å². The molecule has 24 heavy (non-hydrogen) atoms. The Hall–Kier alpha value is -1.50. The van der Waals surface area contributed by atoms with E-state index in [1.54, 1.807) is 6.07 Å². The zero-order valence-corrected chi connectivity index (χ0v) is 14.2. The lowest BCUT2D eigenvalue weighted by Gasteiger charge is -2.38. The normalized spacial score (nSPS) is 20.0. The van der Waals surface area contributed by atoms with Crippen LogP contribution >= 0.6 is 0 Å². The summed E-state index contributed by atoms with van der Waals surface area (Å²) in [6.07, 6.45) is 1.46. The summed E-state index contributed by atoms with van der Waals surface area (Å²) in [5.41, 5.74) is 0.884. The number of hydrogen-bond donors (Lipinski definition) is 0. The largest absolute Gasteiger partial charge is 0.347 e. The fourth-order valence-corrected chi connectivity index (χ4v) is 3.35. The van der Waals surface area contributed by atoms with E-state index < -0.39 is 5.79 Å². The number of carbonyl (C=O) groups is 1. The lowest BCUT2D eigenvalue weighted by atomic mass is 10.0. The van der Waals surface area contributed by atoms with E-state index in [9.17, 15) is 9.18 Å². The third kappa shape index (κ3) is 4.12. The van der Waals surface area contributed by atoms with Gasteiger partial charge >= 0.3 is 0 Å². The maximum Gasteiger partial charge on any atom is 0.236 e. The lowest BCUT2D eigenvalue weighted by Crippen LogP contribution is -2.49. The van der Waals surface area contributed by atoms with E-state index >= 15 is 0 Å². The number of nitrogens with zero attached hydrogens (tertiary/aromatic N) is 2. The highest BCUT2D eigenvalue weighted by Gasteiger charge is 2.40. The quantitative estimate of drug-likeness (QED) is 0.825. The van der Waals surface area contributed by atoms with Crippen LogP contribution in [0.4, 0.5) is 4.39 Å². The summed E-state index contributed by atoms with van der Waals surface area (Å²) < 4.78 is 24.7. The van der Waals surface area contributed by atoms with Gasteiger partial charge in [0.2, 0.25) is 5.91 Å². The van der Waals surface area contributed by atoms with Crippen molar-refractivity contribution in [1.82, 2.24) is 9.80 Å². The first-order chi connectivity index (χ1) is 11.6. The van der Waals surface area contributed by atoms with E-state index in [4.69, 9.17) is 9.47 Å². The minimum Gasteiger partial charge on any atom is -0.347 e. The molecule has 0 aliphatic carbocycles. The molecule has 0 N–H and O–H groups in total. The van der Waals surface area contributed by atoms with Crippen molar-refractivity contribution in [2.24, 2.45) is 0 Å². The van der Waals surface area contributed by atoms with Crippen LogP contribution in [0.15, 0.2) is 24.3 Å². The summed E-state index contributed by atoms with van der Waals surface area (Å²) >= 11 is 0. The van der Waals surface area contributed by atoms with Gasteiger partial charge in [0.1, 0.15) is 5.82 Å². The van der Waals surface area contributed by atoms with Crippen LogP contribution in [0, 0.1) is 5.82 Å². The molecule has 1 aromatic carbocycles. The predicted molar refractivity (Wildman–Crippen MR) is 87.8 cm³/mol. The number of piperidine rings is 1. The van der Waals surface area contributed by atoms with Gasteiger partial charge in [-0.1, -0.05) is 19.1 Å². The summed E-state index contributed by atoms with van der Waals surface area (Å²) in [6.45, 7) is 6.29. The van der Waals surface area contributed by atoms with Gasteiger partial charge < -0.3 is 14.4 Å². The zero-order chi connectivity index (χ0) is 17.0. The first-order valence-corrected chi connectivity index (χ1v) is 8.63. The standard InChI is InChI=1S/C18H25FN2O3/c1-2-20(13-15-4-3-5-16(19)12-15)14-17(22)21-8-6-18(7-9-21)23-10-11-24-18/h3-5,12H,2,6-11,13-14H2,1H3. The van der Waals surface area contributed by atoms with E-state index in [2.05, 4.69) is 0 Å². The van der Waals surface area contributed by atoms with Crippen molar-refractivity contribution in [2.75, 3.05) is 39.4 Å². The molecular formula is C18H25FN2O3. The number of likely N-dealkylation sites (N-methyl/N-ethyl adjacent to an activating group) is 1. The van der Waals surface area contributed by atoms with Crippen LogP contribution in [0.3, 0.4) is 0 Å². The molecule has 0 atom stereocenters. The summed E-state index contributed by atoms with van der Waals surface area (Å²) in [5.74, 6) is -0.586. The topological polar surface area (TPSA) is 42.0 Å². The number of amides is 1.